The van der Waals surface area contributed by atoms with Gasteiger partial charge in [-0.25, -0.2) is 8.42 Å². The van der Waals surface area contributed by atoms with Crippen LogP contribution in [-0.4, -0.2) is 37.0 Å². The maximum absolute atomic E-state index is 11.9. The second-order valence-corrected chi connectivity index (χ2v) is 7.36. The Morgan fingerprint density at radius 3 is 2.47 bits per heavy atom. The molecule has 0 bridgehead atoms. The minimum Gasteiger partial charge on any atom is -0.390 e. The van der Waals surface area contributed by atoms with E-state index in [9.17, 15) is 8.42 Å². The van der Waals surface area contributed by atoms with Gasteiger partial charge < -0.3 is 5.11 Å². The highest BCUT2D eigenvalue weighted by Crippen LogP contribution is 2.36. The zero-order valence-corrected chi connectivity index (χ0v) is 10.5. The number of aliphatic hydroxyl groups is 1. The van der Waals surface area contributed by atoms with Crippen LogP contribution in [0.1, 0.15) is 0 Å². The molecule has 84 valence electrons. The smallest absolute Gasteiger partial charge is 0.245 e. The summed E-state index contributed by atoms with van der Waals surface area (Å²) in [7, 11) is -3.58. The highest BCUT2D eigenvalue weighted by molar-refractivity contribution is 7.89. The van der Waals surface area contributed by atoms with Crippen molar-refractivity contribution in [2.45, 2.75) is 11.0 Å². The Morgan fingerprint density at radius 2 is 2.07 bits per heavy atom. The third-order valence-electron chi connectivity index (χ3n) is 2.07. The maximum atomic E-state index is 11.9. The maximum Gasteiger partial charge on any atom is 0.245 e. The third-order valence-corrected chi connectivity index (χ3v) is 5.66. The van der Waals surface area contributed by atoms with Crippen LogP contribution in [0, 0.1) is 0 Å². The first-order valence-corrected chi connectivity index (χ1v) is 7.05. The number of nitrogens with zero attached hydrogens (tertiary/aromatic N) is 1. The van der Waals surface area contributed by atoms with Gasteiger partial charge in [-0.2, -0.15) is 4.31 Å². The first-order chi connectivity index (χ1) is 6.91. The molecule has 8 heteroatoms. The molecule has 1 aliphatic rings. The van der Waals surface area contributed by atoms with Crippen LogP contribution in [0.4, 0.5) is 0 Å². The van der Waals surface area contributed by atoms with E-state index in [-0.39, 0.29) is 22.3 Å². The summed E-state index contributed by atoms with van der Waals surface area (Å²) < 4.78 is 25.4. The largest absolute Gasteiger partial charge is 0.390 e. The predicted octanol–water partition coefficient (Wildman–Crippen LogP) is 1.42. The summed E-state index contributed by atoms with van der Waals surface area (Å²) in [6.45, 7) is 0.234. The monoisotopic (exact) mass is 287 g/mol. The molecule has 1 aromatic rings. The van der Waals surface area contributed by atoms with Crippen molar-refractivity contribution in [1.82, 2.24) is 4.31 Å². The minimum atomic E-state index is -3.58. The molecule has 1 aromatic heterocycles. The molecule has 4 nitrogen and oxygen atoms in total. The fraction of sp³-hybridized carbons (Fsp3) is 0.429. The number of hydrogen-bond donors (Lipinski definition) is 1. The molecule has 1 fully saturated rings. The normalized spacial score (nSPS) is 19.1. The molecular formula is C7H7Cl2NO3S2. The van der Waals surface area contributed by atoms with E-state index in [1.807, 2.05) is 0 Å². The summed E-state index contributed by atoms with van der Waals surface area (Å²) in [6.07, 6.45) is -0.576. The molecule has 1 saturated heterocycles. The first-order valence-electron chi connectivity index (χ1n) is 4.04. The molecule has 0 aliphatic carbocycles. The molecule has 15 heavy (non-hydrogen) atoms. The molecule has 2 heterocycles. The Bertz CT molecular complexity index is 478. The number of aliphatic hydroxyl groups excluding tert-OH is 1. The number of thiophene rings is 1. The molecule has 0 aromatic carbocycles. The molecule has 0 radical (unpaired) electrons. The van der Waals surface area contributed by atoms with E-state index in [1.54, 1.807) is 0 Å². The van der Waals surface area contributed by atoms with Crippen molar-refractivity contribution in [3.8, 4) is 0 Å². The predicted molar refractivity (Wildman–Crippen MR) is 59.1 cm³/mol. The van der Waals surface area contributed by atoms with Crippen molar-refractivity contribution in [2.75, 3.05) is 13.1 Å². The highest BCUT2D eigenvalue weighted by Gasteiger charge is 2.37. The fourth-order valence-electron chi connectivity index (χ4n) is 1.25. The first kappa shape index (κ1) is 11.6. The average molecular weight is 288 g/mol. The summed E-state index contributed by atoms with van der Waals surface area (Å²) in [6, 6.07) is 1.33. The SMILES string of the molecule is O=S(=O)(c1cc(Cl)sc1Cl)N1CC(O)C1. The molecule has 0 atom stereocenters. The Hall–Kier alpha value is 0.150. The molecule has 2 rings (SSSR count). The van der Waals surface area contributed by atoms with Gasteiger partial charge in [0.2, 0.25) is 10.0 Å². The van der Waals surface area contributed by atoms with Crippen molar-refractivity contribution >= 4 is 44.6 Å². The van der Waals surface area contributed by atoms with E-state index < -0.39 is 16.1 Å². The van der Waals surface area contributed by atoms with E-state index in [2.05, 4.69) is 0 Å². The number of rotatable bonds is 2. The van der Waals surface area contributed by atoms with Crippen molar-refractivity contribution in [1.29, 1.82) is 0 Å². The van der Waals surface area contributed by atoms with E-state index in [0.29, 0.717) is 4.34 Å². The fourth-order valence-corrected chi connectivity index (χ4v) is 4.88. The van der Waals surface area contributed by atoms with Crippen molar-refractivity contribution in [3.05, 3.63) is 14.7 Å². The van der Waals surface area contributed by atoms with Crippen LogP contribution < -0.4 is 0 Å². The Kier molecular flexibility index (Phi) is 3.00. The summed E-state index contributed by atoms with van der Waals surface area (Å²) in [5, 5.41) is 9.04. The molecule has 1 N–H and O–H groups in total. The van der Waals surface area contributed by atoms with Gasteiger partial charge in [-0.05, 0) is 6.07 Å². The lowest BCUT2D eigenvalue weighted by Crippen LogP contribution is -2.53. The summed E-state index contributed by atoms with van der Waals surface area (Å²) in [5.74, 6) is 0. The van der Waals surface area contributed by atoms with Crippen LogP contribution in [-0.2, 0) is 10.0 Å². The molecule has 0 saturated carbocycles. The van der Waals surface area contributed by atoms with Gasteiger partial charge in [0.15, 0.2) is 0 Å². The number of hydrogen-bond acceptors (Lipinski definition) is 4. The zero-order chi connectivity index (χ0) is 11.2. The molecule has 0 amide bonds. The van der Waals surface area contributed by atoms with Crippen molar-refractivity contribution < 1.29 is 13.5 Å². The number of β-amino-alcohol motifs (C(OH)–C–C–N with tert-alkyl or cyclic N) is 1. The van der Waals surface area contributed by atoms with Crippen LogP contribution in [0.25, 0.3) is 0 Å². The molecule has 1 aliphatic heterocycles. The lowest BCUT2D eigenvalue weighted by molar-refractivity contribution is 0.0548. The van der Waals surface area contributed by atoms with Crippen LogP contribution >= 0.6 is 34.5 Å². The van der Waals surface area contributed by atoms with Crippen LogP contribution in [0.3, 0.4) is 0 Å². The topological polar surface area (TPSA) is 57.6 Å². The van der Waals surface area contributed by atoms with E-state index in [1.165, 1.54) is 10.4 Å². The van der Waals surface area contributed by atoms with Gasteiger partial charge in [0.1, 0.15) is 9.23 Å². The second-order valence-electron chi connectivity index (χ2n) is 3.16. The van der Waals surface area contributed by atoms with Crippen LogP contribution in [0.15, 0.2) is 11.0 Å². The van der Waals surface area contributed by atoms with Gasteiger partial charge >= 0.3 is 0 Å². The molecule has 0 spiro atoms. The number of sulfonamides is 1. The van der Waals surface area contributed by atoms with Crippen molar-refractivity contribution in [2.24, 2.45) is 0 Å². The summed E-state index contributed by atoms with van der Waals surface area (Å²) in [4.78, 5) is 0.0195. The van der Waals surface area contributed by atoms with E-state index >= 15 is 0 Å². The van der Waals surface area contributed by atoms with E-state index in [0.717, 1.165) is 11.3 Å². The molecule has 0 unspecified atom stereocenters. The van der Waals surface area contributed by atoms with Crippen LogP contribution in [0.2, 0.25) is 8.67 Å². The average Bonchev–Trinajstić information content (AvgIpc) is 2.40. The van der Waals surface area contributed by atoms with Gasteiger partial charge in [-0.15, -0.1) is 11.3 Å². The Balaban J connectivity index is 2.34. The zero-order valence-electron chi connectivity index (χ0n) is 7.35. The Morgan fingerprint density at radius 1 is 1.47 bits per heavy atom. The van der Waals surface area contributed by atoms with Gasteiger partial charge in [0, 0.05) is 13.1 Å². The van der Waals surface area contributed by atoms with Crippen LogP contribution in [0.5, 0.6) is 0 Å². The summed E-state index contributed by atoms with van der Waals surface area (Å²) >= 11 is 12.4. The highest BCUT2D eigenvalue weighted by atomic mass is 35.5. The minimum absolute atomic E-state index is 0.0195. The lowest BCUT2D eigenvalue weighted by Gasteiger charge is -2.34. The van der Waals surface area contributed by atoms with Crippen molar-refractivity contribution in [3.63, 3.8) is 0 Å². The molecular weight excluding hydrogens is 281 g/mol. The van der Waals surface area contributed by atoms with Gasteiger partial charge in [-0.3, -0.25) is 0 Å². The van der Waals surface area contributed by atoms with E-state index in [4.69, 9.17) is 28.3 Å². The quantitative estimate of drug-likeness (QED) is 0.895. The second kappa shape index (κ2) is 3.87. The Labute approximate surface area is 101 Å². The number of halogens is 2. The van der Waals surface area contributed by atoms with Gasteiger partial charge in [0.25, 0.3) is 0 Å². The van der Waals surface area contributed by atoms with Gasteiger partial charge in [0.05, 0.1) is 10.4 Å². The standard InChI is InChI=1S/C7H7Cl2NO3S2/c8-6-1-5(7(9)14-6)15(12,13)10-2-4(11)3-10/h1,4,11H,2-3H2. The third kappa shape index (κ3) is 2.02. The van der Waals surface area contributed by atoms with Gasteiger partial charge in [-0.1, -0.05) is 23.2 Å². The summed E-state index contributed by atoms with van der Waals surface area (Å²) in [5.41, 5.74) is 0. The lowest BCUT2D eigenvalue weighted by atomic mass is 10.2.